The average molecular weight is 308 g/mol. The SMILES string of the molecule is Cc1ccccc1CC(=O)NCc1nc(-c2ccncc2)no1. The predicted octanol–water partition coefficient (Wildman–Crippen LogP) is 2.30. The summed E-state index contributed by atoms with van der Waals surface area (Å²) in [6, 6.07) is 11.4. The Bertz CT molecular complexity index is 799. The van der Waals surface area contributed by atoms with Crippen LogP contribution in [0.4, 0.5) is 0 Å². The van der Waals surface area contributed by atoms with E-state index in [1.165, 1.54) is 0 Å². The van der Waals surface area contributed by atoms with E-state index in [0.29, 0.717) is 18.1 Å². The largest absolute Gasteiger partial charge is 0.347 e. The van der Waals surface area contributed by atoms with Crippen molar-refractivity contribution in [1.29, 1.82) is 0 Å². The molecular weight excluding hydrogens is 292 g/mol. The maximum Gasteiger partial charge on any atom is 0.246 e. The number of carbonyl (C=O) groups excluding carboxylic acids is 1. The molecule has 2 aromatic heterocycles. The Labute approximate surface area is 133 Å². The summed E-state index contributed by atoms with van der Waals surface area (Å²) < 4.78 is 5.15. The van der Waals surface area contributed by atoms with Crippen molar-refractivity contribution in [2.45, 2.75) is 19.9 Å². The van der Waals surface area contributed by atoms with Gasteiger partial charge in [-0.25, -0.2) is 0 Å². The molecule has 0 saturated carbocycles. The van der Waals surface area contributed by atoms with E-state index < -0.39 is 0 Å². The molecule has 0 aliphatic carbocycles. The lowest BCUT2D eigenvalue weighted by Gasteiger charge is -2.05. The van der Waals surface area contributed by atoms with Crippen molar-refractivity contribution in [3.05, 3.63) is 65.8 Å². The molecule has 0 radical (unpaired) electrons. The summed E-state index contributed by atoms with van der Waals surface area (Å²) in [6.07, 6.45) is 3.66. The van der Waals surface area contributed by atoms with Gasteiger partial charge < -0.3 is 9.84 Å². The number of benzene rings is 1. The van der Waals surface area contributed by atoms with Crippen LogP contribution in [0, 0.1) is 6.92 Å². The molecule has 2 heterocycles. The summed E-state index contributed by atoms with van der Waals surface area (Å²) in [7, 11) is 0. The highest BCUT2D eigenvalue weighted by atomic mass is 16.5. The monoisotopic (exact) mass is 308 g/mol. The van der Waals surface area contributed by atoms with Gasteiger partial charge in [-0.3, -0.25) is 9.78 Å². The van der Waals surface area contributed by atoms with Crippen molar-refractivity contribution < 1.29 is 9.32 Å². The number of nitrogens with zero attached hydrogens (tertiary/aromatic N) is 3. The Morgan fingerprint density at radius 1 is 1.17 bits per heavy atom. The maximum absolute atomic E-state index is 12.0. The maximum atomic E-state index is 12.0. The van der Waals surface area contributed by atoms with E-state index in [0.717, 1.165) is 16.7 Å². The fourth-order valence-electron chi connectivity index (χ4n) is 2.16. The Kier molecular flexibility index (Phi) is 4.42. The first-order chi connectivity index (χ1) is 11.2. The van der Waals surface area contributed by atoms with Crippen LogP contribution in [0.5, 0.6) is 0 Å². The summed E-state index contributed by atoms with van der Waals surface area (Å²) in [6.45, 7) is 2.20. The zero-order valence-electron chi connectivity index (χ0n) is 12.7. The topological polar surface area (TPSA) is 80.9 Å². The second kappa shape index (κ2) is 6.83. The van der Waals surface area contributed by atoms with Crippen LogP contribution in [0.2, 0.25) is 0 Å². The smallest absolute Gasteiger partial charge is 0.246 e. The highest BCUT2D eigenvalue weighted by Gasteiger charge is 2.10. The summed E-state index contributed by atoms with van der Waals surface area (Å²) in [5, 5.41) is 6.69. The number of amides is 1. The Morgan fingerprint density at radius 3 is 2.74 bits per heavy atom. The molecule has 0 spiro atoms. The van der Waals surface area contributed by atoms with Gasteiger partial charge in [-0.15, -0.1) is 0 Å². The van der Waals surface area contributed by atoms with Crippen molar-refractivity contribution in [2.24, 2.45) is 0 Å². The molecule has 116 valence electrons. The first-order valence-electron chi connectivity index (χ1n) is 7.26. The van der Waals surface area contributed by atoms with Gasteiger partial charge in [0.15, 0.2) is 0 Å². The lowest BCUT2D eigenvalue weighted by molar-refractivity contribution is -0.120. The van der Waals surface area contributed by atoms with Crippen LogP contribution in [-0.2, 0) is 17.8 Å². The lowest BCUT2D eigenvalue weighted by Crippen LogP contribution is -2.25. The fraction of sp³-hybridized carbons (Fsp3) is 0.176. The molecule has 0 bridgehead atoms. The first kappa shape index (κ1) is 14.9. The standard InChI is InChI=1S/C17H16N4O2/c1-12-4-2-3-5-14(12)10-15(22)19-11-16-20-17(21-23-16)13-6-8-18-9-7-13/h2-9H,10-11H2,1H3,(H,19,22). The van der Waals surface area contributed by atoms with E-state index in [-0.39, 0.29) is 12.5 Å². The van der Waals surface area contributed by atoms with Gasteiger partial charge in [0, 0.05) is 18.0 Å². The van der Waals surface area contributed by atoms with E-state index in [9.17, 15) is 4.79 Å². The number of rotatable bonds is 5. The van der Waals surface area contributed by atoms with Gasteiger partial charge in [-0.1, -0.05) is 29.4 Å². The van der Waals surface area contributed by atoms with Crippen LogP contribution in [0.15, 0.2) is 53.3 Å². The van der Waals surface area contributed by atoms with Crippen LogP contribution in [0.25, 0.3) is 11.4 Å². The van der Waals surface area contributed by atoms with Crippen LogP contribution in [-0.4, -0.2) is 21.0 Å². The van der Waals surface area contributed by atoms with E-state index in [1.54, 1.807) is 24.5 Å². The minimum absolute atomic E-state index is 0.0806. The van der Waals surface area contributed by atoms with Gasteiger partial charge in [0.1, 0.15) is 0 Å². The number of pyridine rings is 1. The van der Waals surface area contributed by atoms with Crippen LogP contribution in [0.3, 0.4) is 0 Å². The summed E-state index contributed by atoms with van der Waals surface area (Å²) in [5.74, 6) is 0.772. The van der Waals surface area contributed by atoms with E-state index >= 15 is 0 Å². The summed E-state index contributed by atoms with van der Waals surface area (Å²) >= 11 is 0. The second-order valence-electron chi connectivity index (χ2n) is 5.13. The van der Waals surface area contributed by atoms with Crippen molar-refractivity contribution >= 4 is 5.91 Å². The minimum atomic E-state index is -0.0806. The molecule has 0 fully saturated rings. The molecule has 1 N–H and O–H groups in total. The van der Waals surface area contributed by atoms with Gasteiger partial charge >= 0.3 is 0 Å². The number of hydrogen-bond acceptors (Lipinski definition) is 5. The van der Waals surface area contributed by atoms with Crippen molar-refractivity contribution in [1.82, 2.24) is 20.4 Å². The summed E-state index contributed by atoms with van der Waals surface area (Å²) in [5.41, 5.74) is 2.93. The fourth-order valence-corrected chi connectivity index (χ4v) is 2.16. The van der Waals surface area contributed by atoms with Gasteiger partial charge in [0.25, 0.3) is 0 Å². The highest BCUT2D eigenvalue weighted by molar-refractivity contribution is 5.78. The molecule has 1 aromatic carbocycles. The number of aromatic nitrogens is 3. The van der Waals surface area contributed by atoms with Crippen LogP contribution >= 0.6 is 0 Å². The van der Waals surface area contributed by atoms with Gasteiger partial charge in [-0.2, -0.15) is 4.98 Å². The zero-order valence-corrected chi connectivity index (χ0v) is 12.7. The molecule has 6 heteroatoms. The molecule has 0 aliphatic heterocycles. The van der Waals surface area contributed by atoms with Crippen molar-refractivity contribution in [3.8, 4) is 11.4 Å². The number of carbonyl (C=O) groups is 1. The van der Waals surface area contributed by atoms with E-state index in [4.69, 9.17) is 4.52 Å². The molecule has 0 atom stereocenters. The van der Waals surface area contributed by atoms with Crippen LogP contribution in [0.1, 0.15) is 17.0 Å². The Balaban J connectivity index is 1.58. The molecule has 1 amide bonds. The average Bonchev–Trinajstić information content (AvgIpc) is 3.05. The number of hydrogen-bond donors (Lipinski definition) is 1. The molecule has 3 rings (SSSR count). The Morgan fingerprint density at radius 2 is 1.96 bits per heavy atom. The Hall–Kier alpha value is -3.02. The molecule has 0 unspecified atom stereocenters. The predicted molar refractivity (Wildman–Crippen MR) is 84.3 cm³/mol. The molecule has 3 aromatic rings. The third-order valence-corrected chi connectivity index (χ3v) is 3.46. The third-order valence-electron chi connectivity index (χ3n) is 3.46. The molecule has 0 aliphatic rings. The van der Waals surface area contributed by atoms with Crippen molar-refractivity contribution in [2.75, 3.05) is 0 Å². The highest BCUT2D eigenvalue weighted by Crippen LogP contribution is 2.14. The number of nitrogens with one attached hydrogen (secondary N) is 1. The van der Waals surface area contributed by atoms with E-state index in [2.05, 4.69) is 20.4 Å². The normalized spacial score (nSPS) is 10.5. The molecule has 0 saturated heterocycles. The zero-order chi connectivity index (χ0) is 16.1. The van der Waals surface area contributed by atoms with E-state index in [1.807, 2.05) is 31.2 Å². The molecular formula is C17H16N4O2. The minimum Gasteiger partial charge on any atom is -0.347 e. The van der Waals surface area contributed by atoms with Gasteiger partial charge in [0.2, 0.25) is 17.6 Å². The van der Waals surface area contributed by atoms with Gasteiger partial charge in [0.05, 0.1) is 13.0 Å². The molecule has 6 nitrogen and oxygen atoms in total. The first-order valence-corrected chi connectivity index (χ1v) is 7.26. The molecule has 23 heavy (non-hydrogen) atoms. The quantitative estimate of drug-likeness (QED) is 0.782. The van der Waals surface area contributed by atoms with Crippen LogP contribution < -0.4 is 5.32 Å². The second-order valence-corrected chi connectivity index (χ2v) is 5.13. The lowest BCUT2D eigenvalue weighted by atomic mass is 10.1. The number of aryl methyl sites for hydroxylation is 1. The van der Waals surface area contributed by atoms with Crippen molar-refractivity contribution in [3.63, 3.8) is 0 Å². The summed E-state index contributed by atoms with van der Waals surface area (Å²) in [4.78, 5) is 20.2. The van der Waals surface area contributed by atoms with Gasteiger partial charge in [-0.05, 0) is 30.2 Å². The third kappa shape index (κ3) is 3.79.